The van der Waals surface area contributed by atoms with E-state index in [1.807, 2.05) is 36.4 Å². The zero-order chi connectivity index (χ0) is 28.8. The number of carbonyl (C=O) groups excluding carboxylic acids is 2. The summed E-state index contributed by atoms with van der Waals surface area (Å²) in [5.74, 6) is 1.83. The molecule has 41 heavy (non-hydrogen) atoms. The molecule has 0 saturated heterocycles. The van der Waals surface area contributed by atoms with Crippen LogP contribution in [0.4, 0.5) is 0 Å². The number of hydrogen-bond acceptors (Lipinski definition) is 7. The van der Waals surface area contributed by atoms with Gasteiger partial charge >= 0.3 is 5.97 Å². The van der Waals surface area contributed by atoms with Crippen LogP contribution in [-0.4, -0.2) is 26.0 Å². The quantitative estimate of drug-likeness (QED) is 0.0775. The molecule has 0 N–H and O–H groups in total. The molecule has 0 unspecified atom stereocenters. The molecule has 1 heterocycles. The maximum absolute atomic E-state index is 13.2. The highest BCUT2D eigenvalue weighted by atomic mass is 16.5. The predicted octanol–water partition coefficient (Wildman–Crippen LogP) is 7.45. The van der Waals surface area contributed by atoms with Gasteiger partial charge < -0.3 is 23.4 Å². The molecular formula is C34H28O7. The lowest BCUT2D eigenvalue weighted by atomic mass is 10.1. The predicted molar refractivity (Wildman–Crippen MR) is 156 cm³/mol. The Morgan fingerprint density at radius 3 is 2.27 bits per heavy atom. The van der Waals surface area contributed by atoms with Gasteiger partial charge in [-0.3, -0.25) is 4.79 Å². The summed E-state index contributed by atoms with van der Waals surface area (Å²) in [5, 5.41) is 0.601. The second-order valence-corrected chi connectivity index (χ2v) is 9.18. The summed E-state index contributed by atoms with van der Waals surface area (Å²) < 4.78 is 27.9. The number of aryl methyl sites for hydroxylation is 1. The zero-order valence-electron chi connectivity index (χ0n) is 22.9. The molecule has 7 nitrogen and oxygen atoms in total. The third-order valence-electron chi connectivity index (χ3n) is 6.49. The zero-order valence-corrected chi connectivity index (χ0v) is 22.9. The van der Waals surface area contributed by atoms with Crippen molar-refractivity contribution < 1.29 is 33.0 Å². The largest absolute Gasteiger partial charge is 0.497 e. The van der Waals surface area contributed by atoms with Crippen molar-refractivity contribution in [2.24, 2.45) is 0 Å². The first-order chi connectivity index (χ1) is 19.9. The second kappa shape index (κ2) is 12.3. The fourth-order valence-corrected chi connectivity index (χ4v) is 4.35. The molecule has 5 rings (SSSR count). The van der Waals surface area contributed by atoms with Gasteiger partial charge in [0.2, 0.25) is 0 Å². The highest BCUT2D eigenvalue weighted by Gasteiger charge is 2.21. The minimum absolute atomic E-state index is 0.208. The highest BCUT2D eigenvalue weighted by molar-refractivity contribution is 6.07. The van der Waals surface area contributed by atoms with E-state index >= 15 is 0 Å². The van der Waals surface area contributed by atoms with Crippen LogP contribution in [0.15, 0.2) is 101 Å². The van der Waals surface area contributed by atoms with E-state index in [1.54, 1.807) is 81.8 Å². The number of benzene rings is 4. The number of furan rings is 1. The molecule has 0 spiro atoms. The molecule has 0 atom stereocenters. The number of esters is 1. The number of ether oxygens (including phenoxy) is 4. The van der Waals surface area contributed by atoms with E-state index in [9.17, 15) is 9.59 Å². The molecule has 206 valence electrons. The number of fused-ring (bicyclic) bond motifs is 1. The lowest BCUT2D eigenvalue weighted by Gasteiger charge is -2.07. The molecule has 0 bridgehead atoms. The van der Waals surface area contributed by atoms with Crippen molar-refractivity contribution in [3.63, 3.8) is 0 Å². The minimum atomic E-state index is -0.563. The topological polar surface area (TPSA) is 84.2 Å². The van der Waals surface area contributed by atoms with Crippen LogP contribution < -0.4 is 18.9 Å². The van der Waals surface area contributed by atoms with E-state index in [0.29, 0.717) is 57.5 Å². The lowest BCUT2D eigenvalue weighted by molar-refractivity contribution is 0.0734. The first-order valence-electron chi connectivity index (χ1n) is 12.9. The summed E-state index contributed by atoms with van der Waals surface area (Å²) in [7, 11) is 3.13. The van der Waals surface area contributed by atoms with Gasteiger partial charge in [0.25, 0.3) is 0 Å². The fraction of sp³-hybridized carbons (Fsp3) is 0.118. The average Bonchev–Trinajstić information content (AvgIpc) is 3.34. The molecule has 5 aromatic rings. The normalized spacial score (nSPS) is 11.0. The first kappa shape index (κ1) is 27.3. The van der Waals surface area contributed by atoms with Gasteiger partial charge in [0, 0.05) is 22.6 Å². The van der Waals surface area contributed by atoms with Crippen molar-refractivity contribution in [1.29, 1.82) is 0 Å². The molecule has 7 heteroatoms. The van der Waals surface area contributed by atoms with Crippen LogP contribution >= 0.6 is 0 Å². The van der Waals surface area contributed by atoms with Crippen molar-refractivity contribution in [3.05, 3.63) is 125 Å². The number of hydrogen-bond donors (Lipinski definition) is 0. The summed E-state index contributed by atoms with van der Waals surface area (Å²) in [6.07, 6.45) is 3.14. The summed E-state index contributed by atoms with van der Waals surface area (Å²) in [6, 6.07) is 26.9. The number of allylic oxidation sites excluding steroid dienone is 1. The SMILES string of the molecule is COc1ccc(C=CC(=O)c2ccc(OC(=O)c3c(C)oc4ccc(OCc5ccccc5)cc34)cc2)c(OC)c1. The Hall–Kier alpha value is -5.30. The van der Waals surface area contributed by atoms with Gasteiger partial charge in [-0.05, 0) is 79.2 Å². The summed E-state index contributed by atoms with van der Waals surface area (Å²) in [6.45, 7) is 2.11. The van der Waals surface area contributed by atoms with E-state index in [1.165, 1.54) is 6.08 Å². The molecule has 0 saturated carbocycles. The lowest BCUT2D eigenvalue weighted by Crippen LogP contribution is -2.09. The van der Waals surface area contributed by atoms with Crippen molar-refractivity contribution in [2.45, 2.75) is 13.5 Å². The van der Waals surface area contributed by atoms with Gasteiger partial charge in [-0.2, -0.15) is 0 Å². The molecule has 4 aromatic carbocycles. The van der Waals surface area contributed by atoms with Crippen LogP contribution in [0.25, 0.3) is 17.0 Å². The average molecular weight is 549 g/mol. The Bertz CT molecular complexity index is 1710. The summed E-state index contributed by atoms with van der Waals surface area (Å²) in [5.41, 5.74) is 3.10. The van der Waals surface area contributed by atoms with Crippen LogP contribution in [0.2, 0.25) is 0 Å². The monoisotopic (exact) mass is 548 g/mol. The maximum Gasteiger partial charge on any atom is 0.347 e. The van der Waals surface area contributed by atoms with E-state index < -0.39 is 5.97 Å². The van der Waals surface area contributed by atoms with E-state index in [0.717, 1.165) is 11.1 Å². The minimum Gasteiger partial charge on any atom is -0.497 e. The Balaban J connectivity index is 1.27. The van der Waals surface area contributed by atoms with Crippen LogP contribution in [0.1, 0.15) is 37.6 Å². The van der Waals surface area contributed by atoms with Crippen LogP contribution in [0.5, 0.6) is 23.0 Å². The molecule has 0 fully saturated rings. The smallest absolute Gasteiger partial charge is 0.347 e. The van der Waals surface area contributed by atoms with Crippen molar-refractivity contribution in [1.82, 2.24) is 0 Å². The first-order valence-corrected chi connectivity index (χ1v) is 12.9. The molecule has 1 aromatic heterocycles. The molecule has 0 aliphatic heterocycles. The van der Waals surface area contributed by atoms with Crippen LogP contribution in [0, 0.1) is 6.92 Å². The van der Waals surface area contributed by atoms with Gasteiger partial charge in [-0.1, -0.05) is 30.3 Å². The number of carbonyl (C=O) groups is 2. The van der Waals surface area contributed by atoms with Crippen molar-refractivity contribution in [2.75, 3.05) is 14.2 Å². The van der Waals surface area contributed by atoms with Gasteiger partial charge in [-0.15, -0.1) is 0 Å². The fourth-order valence-electron chi connectivity index (χ4n) is 4.35. The standard InChI is InChI=1S/C34H28O7/c1-22-33(29-19-28(16-18-31(29)40-22)39-21-23-7-5-4-6-8-23)34(36)41-26-13-9-24(10-14-26)30(35)17-12-25-11-15-27(37-2)20-32(25)38-3/h4-20H,21H2,1-3H3. The van der Waals surface area contributed by atoms with Gasteiger partial charge in [0.15, 0.2) is 5.78 Å². The summed E-state index contributed by atoms with van der Waals surface area (Å²) in [4.78, 5) is 25.9. The van der Waals surface area contributed by atoms with E-state index in [2.05, 4.69) is 0 Å². The Kier molecular flexibility index (Phi) is 8.15. The Morgan fingerprint density at radius 2 is 1.54 bits per heavy atom. The number of ketones is 1. The number of rotatable bonds is 10. The van der Waals surface area contributed by atoms with Gasteiger partial charge in [-0.25, -0.2) is 4.79 Å². The van der Waals surface area contributed by atoms with Gasteiger partial charge in [0.05, 0.1) is 14.2 Å². The van der Waals surface area contributed by atoms with E-state index in [4.69, 9.17) is 23.4 Å². The van der Waals surface area contributed by atoms with E-state index in [-0.39, 0.29) is 5.78 Å². The van der Waals surface area contributed by atoms with Crippen LogP contribution in [0.3, 0.4) is 0 Å². The third kappa shape index (κ3) is 6.31. The van der Waals surface area contributed by atoms with Crippen molar-refractivity contribution in [3.8, 4) is 23.0 Å². The molecule has 0 aliphatic rings. The van der Waals surface area contributed by atoms with Crippen molar-refractivity contribution >= 4 is 28.8 Å². The summed E-state index contributed by atoms with van der Waals surface area (Å²) >= 11 is 0. The molecule has 0 radical (unpaired) electrons. The molecule has 0 amide bonds. The van der Waals surface area contributed by atoms with Gasteiger partial charge in [0.1, 0.15) is 46.5 Å². The molecule has 0 aliphatic carbocycles. The second-order valence-electron chi connectivity index (χ2n) is 9.18. The maximum atomic E-state index is 13.2. The number of methoxy groups -OCH3 is 2. The van der Waals surface area contributed by atoms with Crippen LogP contribution in [-0.2, 0) is 6.61 Å². The Labute approximate surface area is 237 Å². The molecular weight excluding hydrogens is 520 g/mol. The third-order valence-corrected chi connectivity index (χ3v) is 6.49. The Morgan fingerprint density at radius 1 is 0.805 bits per heavy atom. The highest BCUT2D eigenvalue weighted by Crippen LogP contribution is 2.31.